The summed E-state index contributed by atoms with van der Waals surface area (Å²) in [5.41, 5.74) is 6.83. The molecule has 1 heterocycles. The van der Waals surface area contributed by atoms with E-state index in [-0.39, 0.29) is 12.4 Å². The summed E-state index contributed by atoms with van der Waals surface area (Å²) in [7, 11) is 0. The molecule has 6 heteroatoms. The van der Waals surface area contributed by atoms with Crippen LogP contribution in [-0.4, -0.2) is 5.97 Å². The molecule has 1 aromatic heterocycles. The van der Waals surface area contributed by atoms with Crippen LogP contribution in [0.1, 0.15) is 20.1 Å². The minimum atomic E-state index is -0.457. The molecular weight excluding hydrogens is 333 g/mol. The van der Waals surface area contributed by atoms with Gasteiger partial charge in [0.15, 0.2) is 0 Å². The average molecular weight is 344 g/mol. The molecule has 0 saturated carbocycles. The number of hydrogen-bond acceptors (Lipinski definition) is 4. The topological polar surface area (TPSA) is 52.3 Å². The lowest BCUT2D eigenvalue weighted by atomic mass is 10.2. The number of rotatable bonds is 3. The number of nitrogen functional groups attached to an aromatic ring is 1. The molecule has 0 atom stereocenters. The fraction of sp³-hybridized carbons (Fsp3) is 0.154. The van der Waals surface area contributed by atoms with Crippen LogP contribution >= 0.6 is 27.3 Å². The van der Waals surface area contributed by atoms with E-state index in [1.165, 1.54) is 17.4 Å². The second kappa shape index (κ2) is 5.71. The van der Waals surface area contributed by atoms with Gasteiger partial charge in [0.25, 0.3) is 0 Å². The molecule has 2 rings (SSSR count). The lowest BCUT2D eigenvalue weighted by molar-refractivity contribution is 0.0477. The average Bonchev–Trinajstić information content (AvgIpc) is 2.71. The highest BCUT2D eigenvalue weighted by Crippen LogP contribution is 2.25. The third-order valence-electron chi connectivity index (χ3n) is 2.55. The highest BCUT2D eigenvalue weighted by atomic mass is 79.9. The van der Waals surface area contributed by atoms with Crippen molar-refractivity contribution in [1.82, 2.24) is 0 Å². The van der Waals surface area contributed by atoms with Gasteiger partial charge in [-0.2, -0.15) is 0 Å². The number of hydrogen-bond donors (Lipinski definition) is 1. The van der Waals surface area contributed by atoms with Crippen LogP contribution in [0.4, 0.5) is 10.1 Å². The third-order valence-corrected chi connectivity index (χ3v) is 4.48. The Morgan fingerprint density at radius 3 is 2.89 bits per heavy atom. The fourth-order valence-electron chi connectivity index (χ4n) is 1.47. The Labute approximate surface area is 122 Å². The van der Waals surface area contributed by atoms with E-state index in [4.69, 9.17) is 10.5 Å². The Balaban J connectivity index is 2.06. The zero-order chi connectivity index (χ0) is 14.0. The van der Waals surface area contributed by atoms with Crippen molar-refractivity contribution < 1.29 is 13.9 Å². The zero-order valence-electron chi connectivity index (χ0n) is 10.1. The summed E-state index contributed by atoms with van der Waals surface area (Å²) >= 11 is 4.40. The number of nitrogens with two attached hydrogens (primary N) is 1. The van der Waals surface area contributed by atoms with Gasteiger partial charge in [-0.15, -0.1) is 11.3 Å². The smallest absolute Gasteiger partial charge is 0.348 e. The van der Waals surface area contributed by atoms with Crippen LogP contribution in [0, 0.1) is 12.7 Å². The molecule has 3 nitrogen and oxygen atoms in total. The van der Waals surface area contributed by atoms with Crippen LogP contribution in [0.2, 0.25) is 0 Å². The summed E-state index contributed by atoms with van der Waals surface area (Å²) in [6, 6.07) is 6.17. The molecular formula is C13H11BrFNO2S. The van der Waals surface area contributed by atoms with Gasteiger partial charge in [0.05, 0.1) is 4.47 Å². The summed E-state index contributed by atoms with van der Waals surface area (Å²) in [6.45, 7) is 1.84. The van der Waals surface area contributed by atoms with Gasteiger partial charge in [0, 0.05) is 16.1 Å². The molecule has 0 fully saturated rings. The van der Waals surface area contributed by atoms with Crippen molar-refractivity contribution in [2.45, 2.75) is 13.5 Å². The number of aryl methyl sites for hydroxylation is 1. The van der Waals surface area contributed by atoms with Crippen molar-refractivity contribution in [2.24, 2.45) is 0 Å². The van der Waals surface area contributed by atoms with Gasteiger partial charge in [0.1, 0.15) is 17.3 Å². The van der Waals surface area contributed by atoms with E-state index in [1.807, 2.05) is 6.92 Å². The van der Waals surface area contributed by atoms with Gasteiger partial charge in [-0.1, -0.05) is 12.1 Å². The quantitative estimate of drug-likeness (QED) is 0.860. The first-order valence-electron chi connectivity index (χ1n) is 5.45. The summed E-state index contributed by atoms with van der Waals surface area (Å²) in [5.74, 6) is -0.842. The number of anilines is 1. The first kappa shape index (κ1) is 14.0. The Morgan fingerprint density at radius 1 is 1.53 bits per heavy atom. The predicted molar refractivity (Wildman–Crippen MR) is 76.7 cm³/mol. The van der Waals surface area contributed by atoms with Gasteiger partial charge < -0.3 is 10.5 Å². The van der Waals surface area contributed by atoms with E-state index in [9.17, 15) is 9.18 Å². The maximum absolute atomic E-state index is 13.3. The minimum Gasteiger partial charge on any atom is -0.457 e. The largest absolute Gasteiger partial charge is 0.457 e. The van der Waals surface area contributed by atoms with Gasteiger partial charge in [-0.25, -0.2) is 9.18 Å². The standard InChI is InChI=1S/C13H11BrFNO2S/c1-7-10(16)5-11(19-7)13(17)18-6-8-3-2-4-9(15)12(8)14/h2-5H,6,16H2,1H3. The summed E-state index contributed by atoms with van der Waals surface area (Å²) in [5, 5.41) is 0. The van der Waals surface area contributed by atoms with Crippen LogP contribution in [0.5, 0.6) is 0 Å². The normalized spacial score (nSPS) is 10.5. The zero-order valence-corrected chi connectivity index (χ0v) is 12.5. The molecule has 0 spiro atoms. The van der Waals surface area contributed by atoms with E-state index in [2.05, 4.69) is 15.9 Å². The van der Waals surface area contributed by atoms with Crippen molar-refractivity contribution in [3.05, 3.63) is 49.9 Å². The van der Waals surface area contributed by atoms with Gasteiger partial charge in [0.2, 0.25) is 0 Å². The predicted octanol–water partition coefficient (Wildman–Crippen LogP) is 3.90. The Hall–Kier alpha value is -1.40. The van der Waals surface area contributed by atoms with Crippen LogP contribution in [0.25, 0.3) is 0 Å². The van der Waals surface area contributed by atoms with Crippen LogP contribution in [0.3, 0.4) is 0 Å². The maximum Gasteiger partial charge on any atom is 0.348 e. The lowest BCUT2D eigenvalue weighted by Crippen LogP contribution is -2.04. The first-order chi connectivity index (χ1) is 8.99. The Kier molecular flexibility index (Phi) is 4.21. The van der Waals surface area contributed by atoms with Gasteiger partial charge >= 0.3 is 5.97 Å². The molecule has 0 aliphatic rings. The number of carbonyl (C=O) groups is 1. The molecule has 100 valence electrons. The van der Waals surface area contributed by atoms with Crippen molar-refractivity contribution in [3.8, 4) is 0 Å². The number of halogens is 2. The summed E-state index contributed by atoms with van der Waals surface area (Å²) in [4.78, 5) is 13.1. The van der Waals surface area contributed by atoms with Crippen molar-refractivity contribution in [1.29, 1.82) is 0 Å². The molecule has 2 N–H and O–H groups in total. The highest BCUT2D eigenvalue weighted by Gasteiger charge is 2.13. The van der Waals surface area contributed by atoms with Crippen molar-refractivity contribution in [3.63, 3.8) is 0 Å². The monoisotopic (exact) mass is 343 g/mol. The molecule has 1 aromatic carbocycles. The number of esters is 1. The Morgan fingerprint density at radius 2 is 2.26 bits per heavy atom. The number of thiophene rings is 1. The summed E-state index contributed by atoms with van der Waals surface area (Å²) in [6.07, 6.45) is 0. The number of benzene rings is 1. The second-order valence-electron chi connectivity index (χ2n) is 3.91. The molecule has 0 amide bonds. The fourth-order valence-corrected chi connectivity index (χ4v) is 2.68. The molecule has 0 unspecified atom stereocenters. The molecule has 0 saturated heterocycles. The van der Waals surface area contributed by atoms with Gasteiger partial charge in [-0.3, -0.25) is 0 Å². The SMILES string of the molecule is Cc1sc(C(=O)OCc2cccc(F)c2Br)cc1N. The lowest BCUT2D eigenvalue weighted by Gasteiger charge is -2.06. The van der Waals surface area contributed by atoms with Crippen molar-refractivity contribution in [2.75, 3.05) is 5.73 Å². The molecule has 2 aromatic rings. The molecule has 0 aliphatic heterocycles. The first-order valence-corrected chi connectivity index (χ1v) is 7.06. The van der Waals surface area contributed by atoms with Gasteiger partial charge in [-0.05, 0) is 35.0 Å². The van der Waals surface area contributed by atoms with E-state index in [1.54, 1.807) is 18.2 Å². The van der Waals surface area contributed by atoms with E-state index in [0.29, 0.717) is 20.6 Å². The van der Waals surface area contributed by atoms with Crippen LogP contribution in [0.15, 0.2) is 28.7 Å². The molecule has 0 radical (unpaired) electrons. The second-order valence-corrected chi connectivity index (χ2v) is 5.96. The molecule has 19 heavy (non-hydrogen) atoms. The summed E-state index contributed by atoms with van der Waals surface area (Å²) < 4.78 is 18.7. The number of ether oxygens (including phenoxy) is 1. The van der Waals surface area contributed by atoms with Crippen LogP contribution in [-0.2, 0) is 11.3 Å². The van der Waals surface area contributed by atoms with E-state index in [0.717, 1.165) is 4.88 Å². The molecule has 0 bridgehead atoms. The highest BCUT2D eigenvalue weighted by molar-refractivity contribution is 9.10. The third kappa shape index (κ3) is 3.13. The maximum atomic E-state index is 13.3. The Bertz CT molecular complexity index is 608. The molecule has 0 aliphatic carbocycles. The van der Waals surface area contributed by atoms with E-state index >= 15 is 0 Å². The minimum absolute atomic E-state index is 0.00797. The van der Waals surface area contributed by atoms with E-state index < -0.39 is 5.97 Å². The van der Waals surface area contributed by atoms with Crippen molar-refractivity contribution >= 4 is 38.9 Å². The number of carbonyl (C=O) groups excluding carboxylic acids is 1. The van der Waals surface area contributed by atoms with Crippen LogP contribution < -0.4 is 5.73 Å².